The topological polar surface area (TPSA) is 157 Å². The second-order valence-corrected chi connectivity index (χ2v) is 14.3. The lowest BCUT2D eigenvalue weighted by molar-refractivity contribution is -0.124. The first kappa shape index (κ1) is 38.5. The Morgan fingerprint density at radius 2 is 1.56 bits per heavy atom. The molecule has 0 radical (unpaired) electrons. The highest BCUT2D eigenvalue weighted by molar-refractivity contribution is 7.92. The van der Waals surface area contributed by atoms with Gasteiger partial charge in [0.25, 0.3) is 5.91 Å². The van der Waals surface area contributed by atoms with Crippen LogP contribution in [0.5, 0.6) is 0 Å². The smallest absolute Gasteiger partial charge is 0.253 e. The Kier molecular flexibility index (Phi) is 14.9. The fraction of sp³-hybridized carbons (Fsp3) is 0.457. The summed E-state index contributed by atoms with van der Waals surface area (Å²) in [5.41, 5.74) is 1.80. The molecule has 10 nitrogen and oxygen atoms in total. The van der Waals surface area contributed by atoms with E-state index in [0.717, 1.165) is 41.9 Å². The van der Waals surface area contributed by atoms with E-state index in [4.69, 9.17) is 0 Å². The predicted octanol–water partition coefficient (Wildman–Crippen LogP) is 3.58. The molecule has 1 unspecified atom stereocenters. The average Bonchev–Trinajstić information content (AvgIpc) is 3.03. The number of aryl methyl sites for hydroxylation is 1. The van der Waals surface area contributed by atoms with Gasteiger partial charge in [0.15, 0.2) is 9.84 Å². The van der Waals surface area contributed by atoms with Crippen molar-refractivity contribution in [2.45, 2.75) is 89.3 Å². The average molecular weight is 689 g/mol. The summed E-state index contributed by atoms with van der Waals surface area (Å²) in [6, 6.07) is 10.4. The van der Waals surface area contributed by atoms with E-state index in [9.17, 15) is 36.7 Å². The van der Waals surface area contributed by atoms with Gasteiger partial charge in [-0.05, 0) is 60.6 Å². The highest BCUT2D eigenvalue weighted by atomic mass is 32.2. The van der Waals surface area contributed by atoms with Crippen LogP contribution in [0.2, 0.25) is 0 Å². The zero-order valence-corrected chi connectivity index (χ0v) is 28.4. The van der Waals surface area contributed by atoms with E-state index in [1.807, 2.05) is 45.0 Å². The molecule has 5 N–H and O–H groups in total. The predicted molar refractivity (Wildman–Crippen MR) is 181 cm³/mol. The van der Waals surface area contributed by atoms with Gasteiger partial charge in [-0.1, -0.05) is 57.9 Å². The number of aromatic nitrogens is 1. The van der Waals surface area contributed by atoms with Gasteiger partial charge in [0.1, 0.15) is 17.7 Å². The van der Waals surface area contributed by atoms with Gasteiger partial charge in [-0.3, -0.25) is 14.4 Å². The van der Waals surface area contributed by atoms with Gasteiger partial charge in [0.2, 0.25) is 11.5 Å². The molecular weight excluding hydrogens is 642 g/mol. The molecule has 1 aromatic heterocycles. The molecule has 2 aromatic carbocycles. The zero-order valence-electron chi connectivity index (χ0n) is 27.6. The molecular formula is C35H46F2N4O6S. The van der Waals surface area contributed by atoms with Gasteiger partial charge in [0, 0.05) is 31.4 Å². The summed E-state index contributed by atoms with van der Waals surface area (Å²) in [7, 11) is -3.91. The van der Waals surface area contributed by atoms with Crippen LogP contribution in [0, 0.1) is 11.6 Å². The minimum atomic E-state index is -3.91. The van der Waals surface area contributed by atoms with Crippen molar-refractivity contribution in [1.29, 1.82) is 0 Å². The summed E-state index contributed by atoms with van der Waals surface area (Å²) < 4.78 is 55.3. The fourth-order valence-corrected chi connectivity index (χ4v) is 7.67. The van der Waals surface area contributed by atoms with Crippen LogP contribution in [0.25, 0.3) is 0 Å². The minimum absolute atomic E-state index is 0.00775. The number of H-pyrrole nitrogens is 1. The van der Waals surface area contributed by atoms with Gasteiger partial charge in [-0.25, -0.2) is 17.2 Å². The Hall–Kier alpha value is -3.94. The summed E-state index contributed by atoms with van der Waals surface area (Å²) in [6.45, 7) is 6.12. The van der Waals surface area contributed by atoms with Crippen molar-refractivity contribution < 1.29 is 31.9 Å². The van der Waals surface area contributed by atoms with E-state index in [0.29, 0.717) is 38.3 Å². The number of carbonyl (C=O) groups is 2. The van der Waals surface area contributed by atoms with Crippen LogP contribution in [0.3, 0.4) is 0 Å². The molecule has 0 aliphatic rings. The van der Waals surface area contributed by atoms with Crippen molar-refractivity contribution in [2.75, 3.05) is 12.3 Å². The number of pyridine rings is 1. The number of hydrogen-bond donors (Lipinski definition) is 5. The quantitative estimate of drug-likeness (QED) is 0.129. The standard InChI is InChI=1S/C35H46F2N4O6S/c1-4-8-29(9-5-2)48(46,47)22-31(41-34(44)26-12-13-33(43)39-20-26)35(45)40-30(17-25-15-27(36)18-28(37)16-25)32(42)21-38-19-24-11-7-10-23(6-3)14-24/h7,10-16,18,20,29-32,38,42H,4-6,8-9,17,19,21-22H2,1-3H3,(H,39,43)(H,40,45)(H,41,44)/t30-,31?,32+/m0/s1. The van der Waals surface area contributed by atoms with Crippen LogP contribution in [0.1, 0.15) is 73.5 Å². The summed E-state index contributed by atoms with van der Waals surface area (Å²) in [6.07, 6.45) is 2.45. The van der Waals surface area contributed by atoms with E-state index >= 15 is 0 Å². The molecule has 0 bridgehead atoms. The first-order valence-corrected chi connectivity index (χ1v) is 18.0. The Morgan fingerprint density at radius 3 is 2.17 bits per heavy atom. The normalized spacial score (nSPS) is 13.6. The number of halogens is 2. The Morgan fingerprint density at radius 1 is 0.896 bits per heavy atom. The van der Waals surface area contributed by atoms with E-state index in [1.54, 1.807) is 0 Å². The summed E-state index contributed by atoms with van der Waals surface area (Å²) in [5.74, 6) is -4.10. The lowest BCUT2D eigenvalue weighted by Gasteiger charge is -2.28. The number of aromatic amines is 1. The number of carbonyl (C=O) groups excluding carboxylic acids is 2. The molecule has 0 saturated heterocycles. The first-order chi connectivity index (χ1) is 22.8. The first-order valence-electron chi connectivity index (χ1n) is 16.3. The number of sulfone groups is 1. The van der Waals surface area contributed by atoms with Gasteiger partial charge in [-0.15, -0.1) is 0 Å². The van der Waals surface area contributed by atoms with Crippen LogP contribution >= 0.6 is 0 Å². The molecule has 3 atom stereocenters. The molecule has 0 aliphatic heterocycles. The molecule has 0 fully saturated rings. The minimum Gasteiger partial charge on any atom is -0.390 e. The number of nitrogens with one attached hydrogen (secondary N) is 4. The molecule has 3 rings (SSSR count). The second-order valence-electron chi connectivity index (χ2n) is 12.0. The highest BCUT2D eigenvalue weighted by Crippen LogP contribution is 2.18. The van der Waals surface area contributed by atoms with Crippen molar-refractivity contribution in [1.82, 2.24) is 20.9 Å². The third-order valence-electron chi connectivity index (χ3n) is 8.05. The molecule has 2 amide bonds. The zero-order chi connectivity index (χ0) is 35.3. The van der Waals surface area contributed by atoms with Gasteiger partial charge >= 0.3 is 0 Å². The molecule has 0 spiro atoms. The monoisotopic (exact) mass is 688 g/mol. The van der Waals surface area contributed by atoms with E-state index in [1.165, 1.54) is 6.07 Å². The van der Waals surface area contributed by atoms with E-state index in [-0.39, 0.29) is 24.1 Å². The van der Waals surface area contributed by atoms with E-state index in [2.05, 4.69) is 20.9 Å². The van der Waals surface area contributed by atoms with Crippen LogP contribution in [-0.4, -0.2) is 66.1 Å². The highest BCUT2D eigenvalue weighted by Gasteiger charge is 2.34. The summed E-state index contributed by atoms with van der Waals surface area (Å²) in [5, 5.41) is 18.8. The number of amides is 2. The van der Waals surface area contributed by atoms with Crippen molar-refractivity contribution in [3.63, 3.8) is 0 Å². The third kappa shape index (κ3) is 11.9. The van der Waals surface area contributed by atoms with Crippen molar-refractivity contribution in [2.24, 2.45) is 0 Å². The Bertz CT molecular complexity index is 1640. The number of rotatable bonds is 19. The lowest BCUT2D eigenvalue weighted by atomic mass is 10.00. The van der Waals surface area contributed by atoms with E-state index < -0.39 is 68.0 Å². The second kappa shape index (κ2) is 18.6. The maximum Gasteiger partial charge on any atom is 0.253 e. The largest absolute Gasteiger partial charge is 0.390 e. The lowest BCUT2D eigenvalue weighted by Crippen LogP contribution is -2.57. The molecule has 3 aromatic rings. The maximum absolute atomic E-state index is 14.1. The summed E-state index contributed by atoms with van der Waals surface area (Å²) in [4.78, 5) is 40.9. The summed E-state index contributed by atoms with van der Waals surface area (Å²) >= 11 is 0. The van der Waals surface area contributed by atoms with Crippen molar-refractivity contribution >= 4 is 21.7 Å². The number of aliphatic hydroxyl groups excluding tert-OH is 1. The van der Waals surface area contributed by atoms with Gasteiger partial charge in [0.05, 0.1) is 28.7 Å². The Balaban J connectivity index is 1.89. The molecule has 13 heteroatoms. The molecule has 1 heterocycles. The van der Waals surface area contributed by atoms with Crippen LogP contribution in [0.4, 0.5) is 8.78 Å². The Labute approximate surface area is 280 Å². The maximum atomic E-state index is 14.1. The van der Waals surface area contributed by atoms with Gasteiger partial charge < -0.3 is 26.0 Å². The van der Waals surface area contributed by atoms with Gasteiger partial charge in [-0.2, -0.15) is 0 Å². The number of aliphatic hydroxyl groups is 1. The molecule has 0 saturated carbocycles. The third-order valence-corrected chi connectivity index (χ3v) is 10.3. The number of benzene rings is 2. The SMILES string of the molecule is CCCC(CCC)S(=O)(=O)CC(NC(=O)c1ccc(=O)[nH]c1)C(=O)N[C@@H](Cc1cc(F)cc(F)c1)[C@H](O)CNCc1cccc(CC)c1. The fourth-order valence-electron chi connectivity index (χ4n) is 5.51. The molecule has 262 valence electrons. The van der Waals surface area contributed by atoms with Crippen molar-refractivity contribution in [3.05, 3.63) is 105 Å². The molecule has 0 aliphatic carbocycles. The number of hydrogen-bond acceptors (Lipinski definition) is 7. The molecule has 48 heavy (non-hydrogen) atoms. The van der Waals surface area contributed by atoms with Crippen LogP contribution in [-0.2, 0) is 34.0 Å². The van der Waals surface area contributed by atoms with Crippen molar-refractivity contribution in [3.8, 4) is 0 Å². The van der Waals surface area contributed by atoms with Crippen LogP contribution in [0.15, 0.2) is 65.6 Å². The van der Waals surface area contributed by atoms with Crippen LogP contribution < -0.4 is 21.5 Å².